The lowest BCUT2D eigenvalue weighted by atomic mass is 9.73. The quantitative estimate of drug-likeness (QED) is 0.853. The molecule has 0 saturated heterocycles. The molecule has 0 spiro atoms. The Labute approximate surface area is 142 Å². The number of phenolic OH excluding ortho intramolecular Hbond substituents is 1. The monoisotopic (exact) mass is 322 g/mol. The molecule has 2 atom stereocenters. The standard InChI is InChI=1S/C21H22O3/c1-12-9-13(10-17(19(12)23)21(2,3)4)16-11-18(22)14-7-5-6-8-15(14)20(16)24/h5-11,14-15,23H,1-4H3. The van der Waals surface area contributed by atoms with Crippen LogP contribution in [0.5, 0.6) is 5.75 Å². The highest BCUT2D eigenvalue weighted by Crippen LogP contribution is 2.39. The summed E-state index contributed by atoms with van der Waals surface area (Å²) in [5, 5.41) is 10.4. The molecule has 2 aliphatic carbocycles. The number of fused-ring (bicyclic) bond motifs is 1. The minimum absolute atomic E-state index is 0.0369. The van der Waals surface area contributed by atoms with Gasteiger partial charge in [0.15, 0.2) is 11.6 Å². The summed E-state index contributed by atoms with van der Waals surface area (Å²) in [6, 6.07) is 3.62. The second-order valence-corrected chi connectivity index (χ2v) is 7.59. The van der Waals surface area contributed by atoms with E-state index in [1.54, 1.807) is 18.2 Å². The Morgan fingerprint density at radius 2 is 1.62 bits per heavy atom. The maximum atomic E-state index is 12.9. The van der Waals surface area contributed by atoms with E-state index in [2.05, 4.69) is 0 Å². The third-order valence-corrected chi connectivity index (χ3v) is 4.74. The van der Waals surface area contributed by atoms with Gasteiger partial charge in [0.1, 0.15) is 5.75 Å². The molecule has 0 bridgehead atoms. The lowest BCUT2D eigenvalue weighted by Gasteiger charge is -2.28. The zero-order valence-corrected chi connectivity index (χ0v) is 14.5. The summed E-state index contributed by atoms with van der Waals surface area (Å²) in [6.45, 7) is 7.85. The van der Waals surface area contributed by atoms with Crippen molar-refractivity contribution in [1.82, 2.24) is 0 Å². The molecule has 1 aromatic carbocycles. The van der Waals surface area contributed by atoms with Crippen molar-refractivity contribution in [1.29, 1.82) is 0 Å². The van der Waals surface area contributed by atoms with E-state index in [1.165, 1.54) is 6.08 Å². The van der Waals surface area contributed by atoms with Gasteiger partial charge < -0.3 is 5.11 Å². The lowest BCUT2D eigenvalue weighted by molar-refractivity contribution is -0.125. The first-order valence-electron chi connectivity index (χ1n) is 8.19. The summed E-state index contributed by atoms with van der Waals surface area (Å²) < 4.78 is 0. The fourth-order valence-electron chi connectivity index (χ4n) is 3.35. The third-order valence-electron chi connectivity index (χ3n) is 4.74. The predicted molar refractivity (Wildman–Crippen MR) is 94.8 cm³/mol. The lowest BCUT2D eigenvalue weighted by Crippen LogP contribution is -2.33. The predicted octanol–water partition coefficient (Wildman–Crippen LogP) is 3.89. The fraction of sp³-hybridized carbons (Fsp3) is 0.333. The summed E-state index contributed by atoms with van der Waals surface area (Å²) >= 11 is 0. The number of carbonyl (C=O) groups excluding carboxylic acids is 2. The van der Waals surface area contributed by atoms with Crippen LogP contribution in [0, 0.1) is 18.8 Å². The van der Waals surface area contributed by atoms with Gasteiger partial charge in [-0.2, -0.15) is 0 Å². The first-order chi connectivity index (χ1) is 11.2. The molecule has 3 nitrogen and oxygen atoms in total. The van der Waals surface area contributed by atoms with E-state index >= 15 is 0 Å². The maximum absolute atomic E-state index is 12.9. The van der Waals surface area contributed by atoms with Crippen molar-refractivity contribution in [3.8, 4) is 5.75 Å². The molecule has 0 heterocycles. The van der Waals surface area contributed by atoms with Crippen molar-refractivity contribution in [3.63, 3.8) is 0 Å². The zero-order chi connectivity index (χ0) is 17.6. The van der Waals surface area contributed by atoms with Crippen molar-refractivity contribution in [3.05, 3.63) is 59.2 Å². The molecular formula is C21H22O3. The summed E-state index contributed by atoms with van der Waals surface area (Å²) in [4.78, 5) is 25.3. The van der Waals surface area contributed by atoms with Gasteiger partial charge in [-0.15, -0.1) is 0 Å². The summed E-state index contributed by atoms with van der Waals surface area (Å²) in [7, 11) is 0. The van der Waals surface area contributed by atoms with Crippen molar-refractivity contribution >= 4 is 17.1 Å². The number of aryl methyl sites for hydroxylation is 1. The number of phenols is 1. The second-order valence-electron chi connectivity index (χ2n) is 7.59. The van der Waals surface area contributed by atoms with Crippen molar-refractivity contribution in [2.45, 2.75) is 33.1 Å². The first-order valence-corrected chi connectivity index (χ1v) is 8.19. The minimum Gasteiger partial charge on any atom is -0.507 e. The van der Waals surface area contributed by atoms with Gasteiger partial charge in [0.05, 0.1) is 11.8 Å². The van der Waals surface area contributed by atoms with Gasteiger partial charge in [0, 0.05) is 11.1 Å². The van der Waals surface area contributed by atoms with Crippen molar-refractivity contribution in [2.75, 3.05) is 0 Å². The number of hydrogen-bond acceptors (Lipinski definition) is 3. The highest BCUT2D eigenvalue weighted by molar-refractivity contribution is 6.30. The van der Waals surface area contributed by atoms with E-state index in [1.807, 2.05) is 45.9 Å². The number of hydrogen-bond donors (Lipinski definition) is 1. The smallest absolute Gasteiger partial charge is 0.171 e. The molecule has 2 aliphatic rings. The Balaban J connectivity index is 2.14. The molecule has 0 fully saturated rings. The van der Waals surface area contributed by atoms with Crippen LogP contribution < -0.4 is 0 Å². The number of benzene rings is 1. The molecule has 0 amide bonds. The van der Waals surface area contributed by atoms with Crippen LogP contribution in [0.3, 0.4) is 0 Å². The molecule has 0 saturated carbocycles. The summed E-state index contributed by atoms with van der Waals surface area (Å²) in [5.41, 5.74) is 2.37. The van der Waals surface area contributed by atoms with Crippen LogP contribution in [0.4, 0.5) is 0 Å². The topological polar surface area (TPSA) is 54.4 Å². The number of aromatic hydroxyl groups is 1. The highest BCUT2D eigenvalue weighted by Gasteiger charge is 2.37. The van der Waals surface area contributed by atoms with E-state index in [0.717, 1.165) is 5.56 Å². The molecule has 0 aliphatic heterocycles. The van der Waals surface area contributed by atoms with Gasteiger partial charge in [-0.1, -0.05) is 45.1 Å². The Morgan fingerprint density at radius 3 is 2.25 bits per heavy atom. The zero-order valence-electron chi connectivity index (χ0n) is 14.5. The molecule has 1 N–H and O–H groups in total. The van der Waals surface area contributed by atoms with Crippen LogP contribution in [-0.4, -0.2) is 16.7 Å². The van der Waals surface area contributed by atoms with Gasteiger partial charge in [0.25, 0.3) is 0 Å². The molecule has 2 unspecified atom stereocenters. The van der Waals surface area contributed by atoms with Crippen LogP contribution >= 0.6 is 0 Å². The van der Waals surface area contributed by atoms with Crippen molar-refractivity contribution in [2.24, 2.45) is 11.8 Å². The van der Waals surface area contributed by atoms with E-state index in [9.17, 15) is 14.7 Å². The van der Waals surface area contributed by atoms with Gasteiger partial charge in [-0.05, 0) is 41.7 Å². The number of allylic oxidation sites excluding steroid dienone is 6. The second kappa shape index (κ2) is 5.59. The van der Waals surface area contributed by atoms with Gasteiger partial charge in [-0.3, -0.25) is 9.59 Å². The molecule has 0 radical (unpaired) electrons. The number of carbonyl (C=O) groups is 2. The average molecular weight is 322 g/mol. The minimum atomic E-state index is -0.422. The highest BCUT2D eigenvalue weighted by atomic mass is 16.3. The number of Topliss-reactive ketones (excluding diaryl/α,β-unsaturated/α-hetero) is 1. The summed E-state index contributed by atoms with van der Waals surface area (Å²) in [6.07, 6.45) is 8.69. The SMILES string of the molecule is Cc1cc(C2=CC(=O)C3C=CC=CC3C2=O)cc(C(C)(C)C)c1O. The van der Waals surface area contributed by atoms with E-state index < -0.39 is 5.92 Å². The molecule has 1 aromatic rings. The Bertz CT molecular complexity index is 816. The first kappa shape index (κ1) is 16.4. The molecule has 124 valence electrons. The van der Waals surface area contributed by atoms with Gasteiger partial charge >= 0.3 is 0 Å². The number of ketones is 2. The molecule has 3 heteroatoms. The van der Waals surface area contributed by atoms with E-state index in [4.69, 9.17) is 0 Å². The Kier molecular flexibility index (Phi) is 3.83. The molecule has 0 aromatic heterocycles. The van der Waals surface area contributed by atoms with Crippen LogP contribution in [0.2, 0.25) is 0 Å². The maximum Gasteiger partial charge on any atom is 0.171 e. The average Bonchev–Trinajstić information content (AvgIpc) is 2.52. The van der Waals surface area contributed by atoms with Crippen molar-refractivity contribution < 1.29 is 14.7 Å². The molecular weight excluding hydrogens is 300 g/mol. The largest absolute Gasteiger partial charge is 0.507 e. The third kappa shape index (κ3) is 2.64. The van der Waals surface area contributed by atoms with Crippen LogP contribution in [0.15, 0.2) is 42.5 Å². The Hall–Kier alpha value is -2.42. The Morgan fingerprint density at radius 1 is 1.00 bits per heavy atom. The number of rotatable bonds is 1. The van der Waals surface area contributed by atoms with E-state index in [0.29, 0.717) is 16.7 Å². The van der Waals surface area contributed by atoms with Crippen LogP contribution in [-0.2, 0) is 15.0 Å². The van der Waals surface area contributed by atoms with Crippen LogP contribution in [0.25, 0.3) is 5.57 Å². The molecule has 3 rings (SSSR count). The van der Waals surface area contributed by atoms with Crippen LogP contribution in [0.1, 0.15) is 37.5 Å². The molecule has 24 heavy (non-hydrogen) atoms. The van der Waals surface area contributed by atoms with E-state index in [-0.39, 0.29) is 28.6 Å². The summed E-state index contributed by atoms with van der Waals surface area (Å²) in [5.74, 6) is -0.635. The normalized spacial score (nSPS) is 23.2. The van der Waals surface area contributed by atoms with Gasteiger partial charge in [-0.25, -0.2) is 0 Å². The van der Waals surface area contributed by atoms with Gasteiger partial charge in [0.2, 0.25) is 0 Å². The fourth-order valence-corrected chi connectivity index (χ4v) is 3.35.